The maximum atomic E-state index is 12.2. The van der Waals surface area contributed by atoms with Gasteiger partial charge in [0.25, 0.3) is 0 Å². The molecule has 2 saturated heterocycles. The number of unbranched alkanes of at least 4 members (excludes halogenated alkanes) is 1. The third-order valence-electron chi connectivity index (χ3n) is 6.11. The zero-order chi connectivity index (χ0) is 21.9. The van der Waals surface area contributed by atoms with Crippen LogP contribution in [0.25, 0.3) is 0 Å². The van der Waals surface area contributed by atoms with E-state index in [0.29, 0.717) is 0 Å². The van der Waals surface area contributed by atoms with E-state index < -0.39 is 0 Å². The topological polar surface area (TPSA) is 63.2 Å². The van der Waals surface area contributed by atoms with Crippen molar-refractivity contribution >= 4 is 41.5 Å². The van der Waals surface area contributed by atoms with Gasteiger partial charge < -0.3 is 20.4 Å². The highest BCUT2D eigenvalue weighted by Gasteiger charge is 2.18. The van der Waals surface area contributed by atoms with Gasteiger partial charge in [0.05, 0.1) is 0 Å². The fourth-order valence-corrected chi connectivity index (χ4v) is 4.28. The summed E-state index contributed by atoms with van der Waals surface area (Å²) in [4.78, 5) is 23.7. The number of carbonyl (C=O) groups excluding carboxylic acids is 1. The molecule has 0 radical (unpaired) electrons. The van der Waals surface area contributed by atoms with Crippen LogP contribution < -0.4 is 15.5 Å². The number of aliphatic imine (C=N–C) groups is 1. The van der Waals surface area contributed by atoms with E-state index >= 15 is 0 Å². The molecule has 1 aromatic carbocycles. The molecule has 3 rings (SSSR count). The van der Waals surface area contributed by atoms with Crippen LogP contribution in [0.15, 0.2) is 29.3 Å². The first-order valence-electron chi connectivity index (χ1n) is 12.0. The highest BCUT2D eigenvalue weighted by Crippen LogP contribution is 2.17. The number of anilines is 1. The Balaban J connectivity index is 0.00000363. The summed E-state index contributed by atoms with van der Waals surface area (Å²) in [5.74, 6) is 0.890. The normalized spacial score (nSPS) is 17.2. The standard InChI is InChI=1S/C24H40N6O.HI/c1-3-25-24(27-20-23(31)30-13-6-7-14-30)26-11-4-5-12-28-15-17-29(18-16-28)22-10-8-9-21(2)19-22;/h8-10,19H,3-7,11-18,20H2,1-2H3,(H2,25,26,27);1H. The third-order valence-corrected chi connectivity index (χ3v) is 6.11. The molecule has 0 bridgehead atoms. The minimum absolute atomic E-state index is 0. The van der Waals surface area contributed by atoms with Crippen LogP contribution in [0.2, 0.25) is 0 Å². The number of nitrogens with one attached hydrogen (secondary N) is 2. The van der Waals surface area contributed by atoms with E-state index in [1.165, 1.54) is 17.7 Å². The van der Waals surface area contributed by atoms with E-state index in [9.17, 15) is 4.79 Å². The SMILES string of the molecule is CCNC(=NCC(=O)N1CCCC1)NCCCCN1CCN(c2cccc(C)c2)CC1.I. The van der Waals surface area contributed by atoms with E-state index in [4.69, 9.17) is 0 Å². The van der Waals surface area contributed by atoms with Crippen LogP contribution in [0.5, 0.6) is 0 Å². The molecule has 0 saturated carbocycles. The van der Waals surface area contributed by atoms with Crippen molar-refractivity contribution in [2.75, 3.05) is 70.3 Å². The number of carbonyl (C=O) groups is 1. The Hall–Kier alpha value is -1.55. The first-order valence-corrected chi connectivity index (χ1v) is 12.0. The number of benzene rings is 1. The lowest BCUT2D eigenvalue weighted by molar-refractivity contribution is -0.128. The second-order valence-electron chi connectivity index (χ2n) is 8.58. The van der Waals surface area contributed by atoms with Crippen molar-refractivity contribution in [1.29, 1.82) is 0 Å². The molecule has 1 aromatic rings. The van der Waals surface area contributed by atoms with Crippen LogP contribution in [0, 0.1) is 6.92 Å². The van der Waals surface area contributed by atoms with Gasteiger partial charge in [0, 0.05) is 58.0 Å². The van der Waals surface area contributed by atoms with Gasteiger partial charge in [-0.1, -0.05) is 12.1 Å². The van der Waals surface area contributed by atoms with Gasteiger partial charge in [-0.2, -0.15) is 0 Å². The summed E-state index contributed by atoms with van der Waals surface area (Å²) in [6.07, 6.45) is 4.51. The van der Waals surface area contributed by atoms with Gasteiger partial charge in [0.2, 0.25) is 5.91 Å². The molecule has 2 heterocycles. The molecular formula is C24H41IN6O. The van der Waals surface area contributed by atoms with E-state index in [1.54, 1.807) is 0 Å². The number of likely N-dealkylation sites (tertiary alicyclic amines) is 1. The fourth-order valence-electron chi connectivity index (χ4n) is 4.28. The number of rotatable bonds is 9. The van der Waals surface area contributed by atoms with Crippen molar-refractivity contribution in [3.63, 3.8) is 0 Å². The summed E-state index contributed by atoms with van der Waals surface area (Å²) in [5, 5.41) is 6.62. The number of aryl methyl sites for hydroxylation is 1. The Morgan fingerprint density at radius 3 is 2.47 bits per heavy atom. The third kappa shape index (κ3) is 8.77. The molecule has 8 heteroatoms. The van der Waals surface area contributed by atoms with Crippen LogP contribution in [0.3, 0.4) is 0 Å². The van der Waals surface area contributed by atoms with Crippen molar-refractivity contribution in [1.82, 2.24) is 20.4 Å². The van der Waals surface area contributed by atoms with Crippen LogP contribution >= 0.6 is 24.0 Å². The number of hydrogen-bond acceptors (Lipinski definition) is 4. The lowest BCUT2D eigenvalue weighted by Gasteiger charge is -2.36. The molecule has 1 amide bonds. The van der Waals surface area contributed by atoms with Crippen molar-refractivity contribution < 1.29 is 4.79 Å². The maximum absolute atomic E-state index is 12.2. The highest BCUT2D eigenvalue weighted by atomic mass is 127. The average Bonchev–Trinajstić information content (AvgIpc) is 3.32. The first-order chi connectivity index (χ1) is 15.2. The van der Waals surface area contributed by atoms with Crippen molar-refractivity contribution in [2.24, 2.45) is 4.99 Å². The van der Waals surface area contributed by atoms with Crippen LogP contribution in [-0.4, -0.2) is 87.1 Å². The monoisotopic (exact) mass is 556 g/mol. The fraction of sp³-hybridized carbons (Fsp3) is 0.667. The van der Waals surface area contributed by atoms with Crippen molar-refractivity contribution in [3.8, 4) is 0 Å². The smallest absolute Gasteiger partial charge is 0.244 e. The van der Waals surface area contributed by atoms with Crippen molar-refractivity contribution in [2.45, 2.75) is 39.5 Å². The van der Waals surface area contributed by atoms with Gasteiger partial charge in [-0.05, 0) is 63.8 Å². The second kappa shape index (κ2) is 14.6. The van der Waals surface area contributed by atoms with Crippen molar-refractivity contribution in [3.05, 3.63) is 29.8 Å². The Morgan fingerprint density at radius 1 is 1.03 bits per heavy atom. The molecule has 2 N–H and O–H groups in total. The molecule has 0 atom stereocenters. The summed E-state index contributed by atoms with van der Waals surface area (Å²) < 4.78 is 0. The number of halogens is 1. The quantitative estimate of drug-likeness (QED) is 0.212. The number of nitrogens with zero attached hydrogens (tertiary/aromatic N) is 4. The summed E-state index contributed by atoms with van der Waals surface area (Å²) in [6.45, 7) is 13.5. The molecule has 0 aromatic heterocycles. The molecule has 2 fully saturated rings. The minimum atomic E-state index is 0. The Kier molecular flexibility index (Phi) is 12.2. The second-order valence-corrected chi connectivity index (χ2v) is 8.58. The summed E-state index contributed by atoms with van der Waals surface area (Å²) >= 11 is 0. The van der Waals surface area contributed by atoms with Gasteiger partial charge in [0.1, 0.15) is 6.54 Å². The van der Waals surface area contributed by atoms with Gasteiger partial charge in [-0.25, -0.2) is 4.99 Å². The Bertz CT molecular complexity index is 714. The minimum Gasteiger partial charge on any atom is -0.369 e. The molecule has 7 nitrogen and oxygen atoms in total. The summed E-state index contributed by atoms with van der Waals surface area (Å²) in [6, 6.07) is 8.81. The largest absolute Gasteiger partial charge is 0.369 e. The summed E-state index contributed by atoms with van der Waals surface area (Å²) in [7, 11) is 0. The molecular weight excluding hydrogens is 515 g/mol. The summed E-state index contributed by atoms with van der Waals surface area (Å²) in [5.41, 5.74) is 2.68. The lowest BCUT2D eigenvalue weighted by atomic mass is 10.2. The molecule has 0 spiro atoms. The number of amides is 1. The predicted octanol–water partition coefficient (Wildman–Crippen LogP) is 2.69. The van der Waals surface area contributed by atoms with Crippen LogP contribution in [-0.2, 0) is 4.79 Å². The molecule has 180 valence electrons. The molecule has 2 aliphatic heterocycles. The Labute approximate surface area is 211 Å². The van der Waals surface area contributed by atoms with Crippen LogP contribution in [0.4, 0.5) is 5.69 Å². The van der Waals surface area contributed by atoms with Gasteiger partial charge in [-0.3, -0.25) is 9.69 Å². The van der Waals surface area contributed by atoms with Gasteiger partial charge >= 0.3 is 0 Å². The highest BCUT2D eigenvalue weighted by molar-refractivity contribution is 14.0. The predicted molar refractivity (Wildman–Crippen MR) is 144 cm³/mol. The number of piperazine rings is 1. The number of guanidine groups is 1. The zero-order valence-corrected chi connectivity index (χ0v) is 22.1. The average molecular weight is 557 g/mol. The van der Waals surface area contributed by atoms with E-state index in [1.807, 2.05) is 4.90 Å². The lowest BCUT2D eigenvalue weighted by Crippen LogP contribution is -2.46. The van der Waals surface area contributed by atoms with Gasteiger partial charge in [0.15, 0.2) is 5.96 Å². The Morgan fingerprint density at radius 2 is 1.78 bits per heavy atom. The van der Waals surface area contributed by atoms with Crippen LogP contribution in [0.1, 0.15) is 38.2 Å². The molecule has 0 aliphatic carbocycles. The maximum Gasteiger partial charge on any atom is 0.244 e. The van der Waals surface area contributed by atoms with Gasteiger partial charge in [-0.15, -0.1) is 24.0 Å². The molecule has 2 aliphatic rings. The van der Waals surface area contributed by atoms with E-state index in [0.717, 1.165) is 84.1 Å². The van der Waals surface area contributed by atoms with E-state index in [-0.39, 0.29) is 36.4 Å². The molecule has 0 unspecified atom stereocenters. The first kappa shape index (κ1) is 26.7. The van der Waals surface area contributed by atoms with E-state index in [2.05, 4.69) is 63.5 Å². The number of hydrogen-bond donors (Lipinski definition) is 2. The zero-order valence-electron chi connectivity index (χ0n) is 19.8. The molecule has 32 heavy (non-hydrogen) atoms.